The maximum absolute atomic E-state index is 6.25. The van der Waals surface area contributed by atoms with Gasteiger partial charge < -0.3 is 15.0 Å². The highest BCUT2D eigenvalue weighted by atomic mass is 16.5. The molecule has 0 unspecified atom stereocenters. The van der Waals surface area contributed by atoms with Crippen LogP contribution in [0, 0.1) is 0 Å². The standard InChI is InChI=1S/C11H19N3O2/c1-2-3-4-9-13-10(16-14-9)11(12)5-7-15-8-6-11/h2-8,12H2,1H3. The third-order valence-electron chi connectivity index (χ3n) is 3.03. The summed E-state index contributed by atoms with van der Waals surface area (Å²) in [6.45, 7) is 3.48. The Kier molecular flexibility index (Phi) is 3.56. The zero-order chi connectivity index (χ0) is 11.4. The highest BCUT2D eigenvalue weighted by Gasteiger charge is 2.35. The monoisotopic (exact) mass is 225 g/mol. The molecule has 0 aliphatic carbocycles. The van der Waals surface area contributed by atoms with Gasteiger partial charge in [0.2, 0.25) is 5.89 Å². The van der Waals surface area contributed by atoms with Gasteiger partial charge in [0.25, 0.3) is 0 Å². The van der Waals surface area contributed by atoms with Crippen molar-refractivity contribution < 1.29 is 9.26 Å². The molecular weight excluding hydrogens is 206 g/mol. The first-order chi connectivity index (χ1) is 7.74. The molecule has 2 N–H and O–H groups in total. The smallest absolute Gasteiger partial charge is 0.246 e. The van der Waals surface area contributed by atoms with E-state index < -0.39 is 5.54 Å². The molecule has 1 fully saturated rings. The lowest BCUT2D eigenvalue weighted by atomic mass is 9.91. The fraction of sp³-hybridized carbons (Fsp3) is 0.818. The molecule has 0 atom stereocenters. The summed E-state index contributed by atoms with van der Waals surface area (Å²) in [4.78, 5) is 4.38. The molecular formula is C11H19N3O2. The minimum absolute atomic E-state index is 0.476. The molecule has 90 valence electrons. The zero-order valence-corrected chi connectivity index (χ0v) is 9.74. The molecule has 16 heavy (non-hydrogen) atoms. The van der Waals surface area contributed by atoms with E-state index in [9.17, 15) is 0 Å². The van der Waals surface area contributed by atoms with Crippen molar-refractivity contribution >= 4 is 0 Å². The van der Waals surface area contributed by atoms with Crippen LogP contribution < -0.4 is 5.73 Å². The number of ether oxygens (including phenoxy) is 1. The molecule has 0 radical (unpaired) electrons. The van der Waals surface area contributed by atoms with Gasteiger partial charge in [-0.15, -0.1) is 0 Å². The Balaban J connectivity index is 2.05. The molecule has 1 aliphatic rings. The Morgan fingerprint density at radius 1 is 1.38 bits per heavy atom. The van der Waals surface area contributed by atoms with Crippen molar-refractivity contribution in [3.63, 3.8) is 0 Å². The first-order valence-corrected chi connectivity index (χ1v) is 5.94. The minimum atomic E-state index is -0.476. The van der Waals surface area contributed by atoms with Crippen LogP contribution in [-0.4, -0.2) is 23.4 Å². The van der Waals surface area contributed by atoms with E-state index >= 15 is 0 Å². The van der Waals surface area contributed by atoms with E-state index in [1.54, 1.807) is 0 Å². The average Bonchev–Trinajstić information content (AvgIpc) is 2.77. The highest BCUT2D eigenvalue weighted by Crippen LogP contribution is 2.27. The SMILES string of the molecule is CCCCc1noc(C2(N)CCOCC2)n1. The lowest BCUT2D eigenvalue weighted by Crippen LogP contribution is -2.42. The van der Waals surface area contributed by atoms with E-state index in [4.69, 9.17) is 15.0 Å². The summed E-state index contributed by atoms with van der Waals surface area (Å²) in [7, 11) is 0. The summed E-state index contributed by atoms with van der Waals surface area (Å²) >= 11 is 0. The molecule has 5 heteroatoms. The third kappa shape index (κ3) is 2.41. The van der Waals surface area contributed by atoms with Gasteiger partial charge in [0, 0.05) is 19.6 Å². The van der Waals surface area contributed by atoms with Crippen molar-refractivity contribution in [3.05, 3.63) is 11.7 Å². The summed E-state index contributed by atoms with van der Waals surface area (Å²) in [6, 6.07) is 0. The molecule has 5 nitrogen and oxygen atoms in total. The van der Waals surface area contributed by atoms with Crippen LogP contribution in [0.3, 0.4) is 0 Å². The van der Waals surface area contributed by atoms with Gasteiger partial charge >= 0.3 is 0 Å². The van der Waals surface area contributed by atoms with Gasteiger partial charge in [-0.25, -0.2) is 0 Å². The Hall–Kier alpha value is -0.940. The fourth-order valence-electron chi connectivity index (χ4n) is 1.84. The molecule has 0 bridgehead atoms. The van der Waals surface area contributed by atoms with Gasteiger partial charge in [0.05, 0.1) is 0 Å². The predicted molar refractivity (Wildman–Crippen MR) is 58.8 cm³/mol. The summed E-state index contributed by atoms with van der Waals surface area (Å²) in [6.07, 6.45) is 4.59. The van der Waals surface area contributed by atoms with Crippen molar-refractivity contribution in [2.24, 2.45) is 5.73 Å². The number of rotatable bonds is 4. The second-order valence-corrected chi connectivity index (χ2v) is 4.39. The van der Waals surface area contributed by atoms with Crippen LogP contribution in [0.1, 0.15) is 44.3 Å². The van der Waals surface area contributed by atoms with E-state index in [0.29, 0.717) is 19.1 Å². The van der Waals surface area contributed by atoms with Crippen LogP contribution in [0.15, 0.2) is 4.52 Å². The molecule has 1 aromatic rings. The molecule has 1 aromatic heterocycles. The second-order valence-electron chi connectivity index (χ2n) is 4.39. The number of nitrogens with two attached hydrogens (primary N) is 1. The lowest BCUT2D eigenvalue weighted by Gasteiger charge is -2.29. The van der Waals surface area contributed by atoms with Gasteiger partial charge in [0.1, 0.15) is 5.54 Å². The van der Waals surface area contributed by atoms with Crippen molar-refractivity contribution in [2.75, 3.05) is 13.2 Å². The molecule has 0 spiro atoms. The first-order valence-electron chi connectivity index (χ1n) is 5.94. The number of hydrogen-bond acceptors (Lipinski definition) is 5. The summed E-state index contributed by atoms with van der Waals surface area (Å²) in [5.41, 5.74) is 5.77. The predicted octanol–water partition coefficient (Wildman–Crippen LogP) is 1.38. The zero-order valence-electron chi connectivity index (χ0n) is 9.74. The van der Waals surface area contributed by atoms with Gasteiger partial charge in [-0.3, -0.25) is 0 Å². The largest absolute Gasteiger partial charge is 0.381 e. The topological polar surface area (TPSA) is 74.2 Å². The molecule has 1 saturated heterocycles. The molecule has 0 saturated carbocycles. The number of aryl methyl sites for hydroxylation is 1. The molecule has 0 amide bonds. The van der Waals surface area contributed by atoms with Gasteiger partial charge in [-0.1, -0.05) is 18.5 Å². The average molecular weight is 225 g/mol. The summed E-state index contributed by atoms with van der Waals surface area (Å²) in [5, 5.41) is 3.97. The van der Waals surface area contributed by atoms with Crippen LogP contribution in [0.25, 0.3) is 0 Å². The Bertz CT molecular complexity index is 332. The highest BCUT2D eigenvalue weighted by molar-refractivity contribution is 5.03. The first kappa shape index (κ1) is 11.5. The van der Waals surface area contributed by atoms with Gasteiger partial charge in [0.15, 0.2) is 5.82 Å². The van der Waals surface area contributed by atoms with Crippen molar-refractivity contribution in [2.45, 2.75) is 44.6 Å². The number of unbranched alkanes of at least 4 members (excludes halogenated alkanes) is 1. The Labute approximate surface area is 95.3 Å². The van der Waals surface area contributed by atoms with Crippen LogP contribution >= 0.6 is 0 Å². The minimum Gasteiger partial charge on any atom is -0.381 e. The van der Waals surface area contributed by atoms with E-state index in [-0.39, 0.29) is 0 Å². The van der Waals surface area contributed by atoms with Gasteiger partial charge in [-0.2, -0.15) is 4.98 Å². The Morgan fingerprint density at radius 3 is 2.81 bits per heavy atom. The number of aromatic nitrogens is 2. The molecule has 1 aliphatic heterocycles. The van der Waals surface area contributed by atoms with E-state index in [0.717, 1.165) is 37.9 Å². The molecule has 0 aromatic carbocycles. The lowest BCUT2D eigenvalue weighted by molar-refractivity contribution is 0.0400. The van der Waals surface area contributed by atoms with Crippen LogP contribution in [0.5, 0.6) is 0 Å². The van der Waals surface area contributed by atoms with Crippen LogP contribution in [-0.2, 0) is 16.7 Å². The third-order valence-corrected chi connectivity index (χ3v) is 3.03. The number of nitrogens with zero attached hydrogens (tertiary/aromatic N) is 2. The molecule has 2 rings (SSSR count). The maximum atomic E-state index is 6.25. The fourth-order valence-corrected chi connectivity index (χ4v) is 1.84. The van der Waals surface area contributed by atoms with E-state index in [1.807, 2.05) is 0 Å². The van der Waals surface area contributed by atoms with E-state index in [1.165, 1.54) is 0 Å². The van der Waals surface area contributed by atoms with Crippen LogP contribution in [0.4, 0.5) is 0 Å². The van der Waals surface area contributed by atoms with Crippen molar-refractivity contribution in [1.82, 2.24) is 10.1 Å². The molecule has 2 heterocycles. The van der Waals surface area contributed by atoms with Crippen molar-refractivity contribution in [1.29, 1.82) is 0 Å². The second kappa shape index (κ2) is 4.93. The maximum Gasteiger partial charge on any atom is 0.246 e. The summed E-state index contributed by atoms with van der Waals surface area (Å²) < 4.78 is 10.6. The quantitative estimate of drug-likeness (QED) is 0.837. The van der Waals surface area contributed by atoms with Crippen LogP contribution in [0.2, 0.25) is 0 Å². The normalized spacial score (nSPS) is 19.9. The Morgan fingerprint density at radius 2 is 2.12 bits per heavy atom. The summed E-state index contributed by atoms with van der Waals surface area (Å²) in [5.74, 6) is 1.34. The van der Waals surface area contributed by atoms with E-state index in [2.05, 4.69) is 17.1 Å². The number of hydrogen-bond donors (Lipinski definition) is 1. The van der Waals surface area contributed by atoms with Gasteiger partial charge in [-0.05, 0) is 19.3 Å². The van der Waals surface area contributed by atoms with Crippen molar-refractivity contribution in [3.8, 4) is 0 Å².